The molecule has 5 atom stereocenters. The molecule has 3 fully saturated rings. The second-order valence-corrected chi connectivity index (χ2v) is 16.5. The number of alkyl halides is 3. The predicted molar refractivity (Wildman–Crippen MR) is 189 cm³/mol. The minimum absolute atomic E-state index is 0.0869. The summed E-state index contributed by atoms with van der Waals surface area (Å²) in [5.41, 5.74) is -0.614. The van der Waals surface area contributed by atoms with E-state index in [1.807, 2.05) is 13.8 Å². The van der Waals surface area contributed by atoms with Gasteiger partial charge in [0.05, 0.1) is 23.0 Å². The maximum Gasteiger partial charge on any atom is 0.410 e. The highest BCUT2D eigenvalue weighted by Crippen LogP contribution is 2.51. The van der Waals surface area contributed by atoms with Gasteiger partial charge in [0.2, 0.25) is 5.91 Å². The fourth-order valence-corrected chi connectivity index (χ4v) is 8.32. The Labute approximate surface area is 306 Å². The molecule has 6 rings (SSSR count). The van der Waals surface area contributed by atoms with E-state index >= 15 is 0 Å². The van der Waals surface area contributed by atoms with Gasteiger partial charge in [0.15, 0.2) is 5.78 Å². The number of piperidine rings is 2. The van der Waals surface area contributed by atoms with Crippen LogP contribution in [0, 0.1) is 30.0 Å². The van der Waals surface area contributed by atoms with Gasteiger partial charge >= 0.3 is 12.3 Å². The molecule has 2 aliphatic heterocycles. The number of rotatable bonds is 7. The van der Waals surface area contributed by atoms with Crippen molar-refractivity contribution in [3.05, 3.63) is 59.3 Å². The number of carbonyl (C=O) groups is 4. The maximum atomic E-state index is 14.8. The molecule has 10 nitrogen and oxygen atoms in total. The van der Waals surface area contributed by atoms with Gasteiger partial charge in [0, 0.05) is 53.4 Å². The summed E-state index contributed by atoms with van der Waals surface area (Å²) in [6.07, 6.45) is -0.602. The third kappa shape index (κ3) is 7.25. The third-order valence-electron chi connectivity index (χ3n) is 10.9. The van der Waals surface area contributed by atoms with Gasteiger partial charge in [-0.15, -0.1) is 0 Å². The Bertz CT molecular complexity index is 1970. The Morgan fingerprint density at radius 2 is 1.79 bits per heavy atom. The van der Waals surface area contributed by atoms with Gasteiger partial charge in [-0.25, -0.2) is 9.18 Å². The van der Waals surface area contributed by atoms with Crippen LogP contribution in [0.4, 0.5) is 22.4 Å². The molecule has 1 aromatic carbocycles. The smallest absolute Gasteiger partial charge is 0.410 e. The molecule has 3 amide bonds. The molecule has 0 unspecified atom stereocenters. The molecule has 1 saturated carbocycles. The van der Waals surface area contributed by atoms with Crippen LogP contribution in [-0.4, -0.2) is 97.5 Å². The average Bonchev–Trinajstić information content (AvgIpc) is 3.61. The number of benzene rings is 1. The van der Waals surface area contributed by atoms with Crippen molar-refractivity contribution in [3.8, 4) is 5.69 Å². The van der Waals surface area contributed by atoms with Crippen molar-refractivity contribution in [1.29, 1.82) is 0 Å². The van der Waals surface area contributed by atoms with Gasteiger partial charge in [-0.1, -0.05) is 6.92 Å². The number of likely N-dealkylation sites (tertiary alicyclic amines) is 2. The van der Waals surface area contributed by atoms with E-state index in [2.05, 4.69) is 4.98 Å². The average molecular weight is 742 g/mol. The predicted octanol–water partition coefficient (Wildman–Crippen LogP) is 7.34. The summed E-state index contributed by atoms with van der Waals surface area (Å²) >= 11 is 0. The number of fused-ring (bicyclic) bond motifs is 2. The van der Waals surface area contributed by atoms with E-state index in [4.69, 9.17) is 4.74 Å². The lowest BCUT2D eigenvalue weighted by Crippen LogP contribution is -2.57. The number of ether oxygens (including phenoxy) is 1. The van der Waals surface area contributed by atoms with E-state index in [-0.39, 0.29) is 40.8 Å². The fraction of sp³-hybridized carbons (Fsp3) is 0.564. The van der Waals surface area contributed by atoms with Gasteiger partial charge in [-0.2, -0.15) is 13.2 Å². The Hall–Kier alpha value is -4.49. The number of ketones is 1. The zero-order chi connectivity index (χ0) is 38.9. The monoisotopic (exact) mass is 741 g/mol. The number of amides is 3. The van der Waals surface area contributed by atoms with Crippen molar-refractivity contribution in [2.24, 2.45) is 17.3 Å². The van der Waals surface area contributed by atoms with Crippen LogP contribution in [0.5, 0.6) is 0 Å². The van der Waals surface area contributed by atoms with Crippen LogP contribution in [0.2, 0.25) is 0 Å². The number of hydrogen-bond donors (Lipinski definition) is 0. The molecule has 2 saturated heterocycles. The number of pyridine rings is 1. The zero-order valence-corrected chi connectivity index (χ0v) is 31.4. The number of hydrogen-bond acceptors (Lipinski definition) is 6. The van der Waals surface area contributed by atoms with Crippen LogP contribution in [0.3, 0.4) is 0 Å². The van der Waals surface area contributed by atoms with E-state index in [1.54, 1.807) is 48.1 Å². The number of aromatic nitrogens is 2. The number of halogens is 4. The Morgan fingerprint density at radius 1 is 1.09 bits per heavy atom. The minimum atomic E-state index is -4.69. The van der Waals surface area contributed by atoms with Gasteiger partial charge in [0.1, 0.15) is 24.0 Å². The van der Waals surface area contributed by atoms with Crippen LogP contribution in [0.25, 0.3) is 16.6 Å². The Balaban J connectivity index is 1.31. The van der Waals surface area contributed by atoms with Crippen LogP contribution < -0.4 is 0 Å². The minimum Gasteiger partial charge on any atom is -0.444 e. The Morgan fingerprint density at radius 3 is 2.42 bits per heavy atom. The lowest BCUT2D eigenvalue weighted by atomic mass is 9.71. The number of carbonyl (C=O) groups excluding carboxylic acids is 4. The van der Waals surface area contributed by atoms with E-state index in [9.17, 15) is 36.7 Å². The van der Waals surface area contributed by atoms with Crippen molar-refractivity contribution >= 4 is 34.6 Å². The van der Waals surface area contributed by atoms with Crippen molar-refractivity contribution in [3.63, 3.8) is 0 Å². The van der Waals surface area contributed by atoms with Crippen molar-refractivity contribution < 1.29 is 41.5 Å². The van der Waals surface area contributed by atoms with Crippen LogP contribution in [0.15, 0.2) is 36.7 Å². The summed E-state index contributed by atoms with van der Waals surface area (Å²) in [6.45, 7) is 13.0. The molecule has 2 aromatic heterocycles. The largest absolute Gasteiger partial charge is 0.444 e. The molecule has 1 aliphatic carbocycles. The first-order chi connectivity index (χ1) is 24.6. The van der Waals surface area contributed by atoms with E-state index < -0.39 is 53.6 Å². The normalized spacial score (nSPS) is 24.4. The van der Waals surface area contributed by atoms with Gasteiger partial charge < -0.3 is 19.1 Å². The first kappa shape index (κ1) is 38.2. The van der Waals surface area contributed by atoms with Crippen LogP contribution in [-0.2, 0) is 9.53 Å². The molecule has 3 aromatic rings. The molecule has 0 N–H and O–H groups in total. The fourth-order valence-electron chi connectivity index (χ4n) is 8.32. The van der Waals surface area contributed by atoms with Crippen LogP contribution in [0.1, 0.15) is 94.1 Å². The molecule has 0 spiro atoms. The summed E-state index contributed by atoms with van der Waals surface area (Å²) in [6, 6.07) is 3.23. The third-order valence-corrected chi connectivity index (χ3v) is 10.9. The summed E-state index contributed by atoms with van der Waals surface area (Å²) in [4.78, 5) is 63.9. The van der Waals surface area contributed by atoms with Gasteiger partial charge in [-0.3, -0.25) is 24.3 Å². The second kappa shape index (κ2) is 13.4. The SMILES string of the molecule is Cc1c(C(=O)[C@@]2(C)CCN(C(=O)[C@@H]3[C@H]4C[C@H]4CN3C(=O)OC(C)(C)C)[C@@H](C)C2)c2ccncc2n1-c1ccc(F)cc1C(=O)N(CC(F)(F)F)C(C)C. The molecule has 0 bridgehead atoms. The molecular weight excluding hydrogens is 694 g/mol. The number of nitrogens with zero attached hydrogens (tertiary/aromatic N) is 5. The number of Topliss-reactive ketones (excluding diaryl/α,β-unsaturated/α-hetero) is 1. The summed E-state index contributed by atoms with van der Waals surface area (Å²) in [7, 11) is 0. The molecule has 286 valence electrons. The quantitative estimate of drug-likeness (QED) is 0.186. The lowest BCUT2D eigenvalue weighted by molar-refractivity contribution is -0.143. The maximum absolute atomic E-state index is 14.8. The first-order valence-corrected chi connectivity index (χ1v) is 18.1. The standard InChI is InChI=1S/C39H47F4N5O5/c1-21(2)47(20-39(41,42)43)34(50)28-16-25(40)9-10-29(28)48-23(4)31(26-11-13-44-18-30(26)48)33(49)38(8)12-14-45(22(3)17-38)35(51)32-27-15-24(27)19-46(32)36(52)53-37(5,6)7/h9-11,13,16,18,21-22,24,27,32H,12,14-15,17,19-20H2,1-8H3/t22-,24-,27-,32-,38-/m0/s1. The lowest BCUT2D eigenvalue weighted by Gasteiger charge is -2.44. The highest BCUT2D eigenvalue weighted by atomic mass is 19.4. The topological polar surface area (TPSA) is 105 Å². The molecular formula is C39H47F4N5O5. The highest BCUT2D eigenvalue weighted by Gasteiger charge is 2.59. The van der Waals surface area contributed by atoms with Crippen molar-refractivity contribution in [2.45, 2.75) is 105 Å². The highest BCUT2D eigenvalue weighted by molar-refractivity contribution is 6.12. The summed E-state index contributed by atoms with van der Waals surface area (Å²) in [5, 5.41) is 0.521. The van der Waals surface area contributed by atoms with E-state index in [1.165, 1.54) is 32.3 Å². The van der Waals surface area contributed by atoms with Gasteiger partial charge in [0.25, 0.3) is 5.91 Å². The van der Waals surface area contributed by atoms with E-state index in [0.29, 0.717) is 53.0 Å². The molecule has 0 radical (unpaired) electrons. The first-order valence-electron chi connectivity index (χ1n) is 18.1. The summed E-state index contributed by atoms with van der Waals surface area (Å²) in [5.74, 6) is -1.79. The zero-order valence-electron chi connectivity index (χ0n) is 31.4. The van der Waals surface area contributed by atoms with E-state index in [0.717, 1.165) is 18.6 Å². The molecule has 53 heavy (non-hydrogen) atoms. The van der Waals surface area contributed by atoms with Crippen LogP contribution >= 0.6 is 0 Å². The molecule has 14 heteroatoms. The second-order valence-electron chi connectivity index (χ2n) is 16.5. The molecule has 3 aliphatic rings. The van der Waals surface area contributed by atoms with Gasteiger partial charge in [-0.05, 0) is 104 Å². The summed E-state index contributed by atoms with van der Waals surface area (Å²) < 4.78 is 62.6. The van der Waals surface area contributed by atoms with Crippen molar-refractivity contribution in [2.75, 3.05) is 19.6 Å². The Kier molecular flexibility index (Phi) is 9.68. The molecule has 4 heterocycles. The van der Waals surface area contributed by atoms with Crippen molar-refractivity contribution in [1.82, 2.24) is 24.3 Å².